The van der Waals surface area contributed by atoms with E-state index in [2.05, 4.69) is 4.98 Å². The number of nitrogens with one attached hydrogen (secondary N) is 2. The Morgan fingerprint density at radius 1 is 1.40 bits per heavy atom. The summed E-state index contributed by atoms with van der Waals surface area (Å²) in [4.78, 5) is 12.3. The lowest BCUT2D eigenvalue weighted by atomic mass is 9.77. The number of hydrogen-bond acceptors (Lipinski definition) is 3. The van der Waals surface area contributed by atoms with Crippen molar-refractivity contribution in [3.05, 3.63) is 18.0 Å². The lowest BCUT2D eigenvalue weighted by Gasteiger charge is -2.43. The number of carboxylic acid groups (broad SMARTS) is 1. The molecule has 112 valence electrons. The molecule has 0 aromatic carbocycles. The fraction of sp³-hybridized carbons (Fsp3) is 0.500. The van der Waals surface area contributed by atoms with Gasteiger partial charge in [-0.05, 0) is 25.3 Å². The third-order valence-electron chi connectivity index (χ3n) is 3.29. The molecule has 0 radical (unpaired) electrons. The molecule has 0 amide bonds. The average molecular weight is 312 g/mol. The second-order valence-corrected chi connectivity index (χ2v) is 6.21. The Morgan fingerprint density at radius 3 is 2.40 bits per heavy atom. The van der Waals surface area contributed by atoms with Gasteiger partial charge in [-0.2, -0.15) is 17.9 Å². The van der Waals surface area contributed by atoms with E-state index in [0.717, 1.165) is 12.3 Å². The van der Waals surface area contributed by atoms with Crippen LogP contribution in [0.5, 0.6) is 0 Å². The Balaban J connectivity index is 2.37. The van der Waals surface area contributed by atoms with Crippen molar-refractivity contribution in [1.29, 1.82) is 0 Å². The van der Waals surface area contributed by atoms with Crippen LogP contribution in [0.25, 0.3) is 0 Å². The summed E-state index contributed by atoms with van der Waals surface area (Å²) in [6.45, 7) is 0. The van der Waals surface area contributed by atoms with Gasteiger partial charge in [0.2, 0.25) is 10.0 Å². The van der Waals surface area contributed by atoms with Gasteiger partial charge < -0.3 is 10.1 Å². The summed E-state index contributed by atoms with van der Waals surface area (Å²) in [5.41, 5.74) is -3.17. The number of hydrogen-bond donors (Lipinski definition) is 3. The third kappa shape index (κ3) is 2.29. The minimum Gasteiger partial charge on any atom is -0.477 e. The van der Waals surface area contributed by atoms with Crippen LogP contribution in [-0.4, -0.2) is 36.2 Å². The maximum Gasteiger partial charge on any atom is 0.407 e. The first-order chi connectivity index (χ1) is 9.09. The van der Waals surface area contributed by atoms with Gasteiger partial charge in [0, 0.05) is 6.20 Å². The Kier molecular flexibility index (Phi) is 3.33. The normalized spacial score (nSPS) is 18.6. The molecule has 1 aromatic rings. The van der Waals surface area contributed by atoms with Crippen molar-refractivity contribution in [1.82, 2.24) is 9.71 Å². The molecule has 0 aliphatic heterocycles. The first kappa shape index (κ1) is 14.9. The number of carbonyl (C=O) groups is 1. The second-order valence-electron chi connectivity index (χ2n) is 4.56. The summed E-state index contributed by atoms with van der Waals surface area (Å²) in [6, 6.07) is 0.911. The van der Waals surface area contributed by atoms with Crippen molar-refractivity contribution in [3.63, 3.8) is 0 Å². The van der Waals surface area contributed by atoms with Crippen molar-refractivity contribution >= 4 is 16.0 Å². The molecule has 0 saturated heterocycles. The molecule has 1 aliphatic carbocycles. The molecule has 10 heteroatoms. The summed E-state index contributed by atoms with van der Waals surface area (Å²) in [7, 11) is -4.58. The zero-order chi connectivity index (χ0) is 15.2. The number of carboxylic acids is 1. The minimum absolute atomic E-state index is 0.251. The minimum atomic E-state index is -4.72. The molecule has 20 heavy (non-hydrogen) atoms. The van der Waals surface area contributed by atoms with Crippen LogP contribution in [0.2, 0.25) is 0 Å². The van der Waals surface area contributed by atoms with E-state index in [1.54, 1.807) is 4.72 Å². The van der Waals surface area contributed by atoms with Crippen molar-refractivity contribution in [3.8, 4) is 0 Å². The number of alkyl halides is 3. The fourth-order valence-corrected chi connectivity index (χ4v) is 3.64. The van der Waals surface area contributed by atoms with Crippen LogP contribution >= 0.6 is 0 Å². The van der Waals surface area contributed by atoms with E-state index in [1.807, 2.05) is 0 Å². The van der Waals surface area contributed by atoms with Crippen molar-refractivity contribution in [2.45, 2.75) is 35.9 Å². The number of aromatic amines is 1. The van der Waals surface area contributed by atoms with Gasteiger partial charge in [-0.3, -0.25) is 0 Å². The quantitative estimate of drug-likeness (QED) is 0.784. The summed E-state index contributed by atoms with van der Waals surface area (Å²) >= 11 is 0. The monoisotopic (exact) mass is 312 g/mol. The van der Waals surface area contributed by atoms with Crippen molar-refractivity contribution in [2.24, 2.45) is 0 Å². The largest absolute Gasteiger partial charge is 0.477 e. The Morgan fingerprint density at radius 2 is 2.00 bits per heavy atom. The van der Waals surface area contributed by atoms with E-state index < -0.39 is 38.3 Å². The van der Waals surface area contributed by atoms with Crippen molar-refractivity contribution < 1.29 is 31.5 Å². The Hall–Kier alpha value is -1.55. The van der Waals surface area contributed by atoms with Gasteiger partial charge in [0.15, 0.2) is 0 Å². The van der Waals surface area contributed by atoms with Crippen LogP contribution in [0.1, 0.15) is 29.8 Å². The number of H-pyrrole nitrogens is 1. The highest BCUT2D eigenvalue weighted by atomic mass is 32.2. The lowest BCUT2D eigenvalue weighted by Crippen LogP contribution is -2.62. The topological polar surface area (TPSA) is 99.3 Å². The van der Waals surface area contributed by atoms with Crippen molar-refractivity contribution in [2.75, 3.05) is 0 Å². The van der Waals surface area contributed by atoms with E-state index in [9.17, 15) is 26.4 Å². The van der Waals surface area contributed by atoms with Crippen LogP contribution in [0.15, 0.2) is 17.2 Å². The van der Waals surface area contributed by atoms with Gasteiger partial charge >= 0.3 is 12.1 Å². The van der Waals surface area contributed by atoms with Gasteiger partial charge in [0.1, 0.15) is 16.1 Å². The first-order valence-corrected chi connectivity index (χ1v) is 7.09. The summed E-state index contributed by atoms with van der Waals surface area (Å²) in [5, 5.41) is 8.80. The Labute approximate surface area is 112 Å². The highest BCUT2D eigenvalue weighted by molar-refractivity contribution is 7.89. The summed E-state index contributed by atoms with van der Waals surface area (Å²) in [5.74, 6) is -1.56. The van der Waals surface area contributed by atoms with Crippen LogP contribution in [-0.2, 0) is 10.0 Å². The molecule has 1 heterocycles. The highest BCUT2D eigenvalue weighted by Crippen LogP contribution is 2.46. The first-order valence-electron chi connectivity index (χ1n) is 5.60. The smallest absolute Gasteiger partial charge is 0.407 e. The molecular formula is C10H11F3N2O4S. The van der Waals surface area contributed by atoms with Gasteiger partial charge in [-0.15, -0.1) is 0 Å². The van der Waals surface area contributed by atoms with Gasteiger partial charge in [-0.25, -0.2) is 13.2 Å². The van der Waals surface area contributed by atoms with Crippen LogP contribution < -0.4 is 4.72 Å². The third-order valence-corrected chi connectivity index (χ3v) is 4.87. The number of aromatic nitrogens is 1. The number of rotatable bonds is 4. The maximum atomic E-state index is 12.9. The van der Waals surface area contributed by atoms with E-state index in [4.69, 9.17) is 5.11 Å². The standard InChI is InChI=1S/C10H11F3N2O4S/c11-10(12,13)9(3-1-4-9)15-20(18,19)6-2-5-14-7(6)8(16)17/h2,5,14-15H,1,3-4H2,(H,16,17). The molecular weight excluding hydrogens is 301 g/mol. The predicted molar refractivity (Wildman–Crippen MR) is 60.7 cm³/mol. The molecule has 1 fully saturated rings. The zero-order valence-electron chi connectivity index (χ0n) is 9.99. The molecule has 1 aromatic heterocycles. The van der Waals surface area contributed by atoms with Gasteiger partial charge in [-0.1, -0.05) is 0 Å². The van der Waals surface area contributed by atoms with Gasteiger partial charge in [0.05, 0.1) is 0 Å². The van der Waals surface area contributed by atoms with Crippen LogP contribution in [0.3, 0.4) is 0 Å². The molecule has 0 spiro atoms. The van der Waals surface area contributed by atoms with E-state index in [-0.39, 0.29) is 19.3 Å². The Bertz CT molecular complexity index is 631. The highest BCUT2D eigenvalue weighted by Gasteiger charge is 2.60. The maximum absolute atomic E-state index is 12.9. The zero-order valence-corrected chi connectivity index (χ0v) is 10.8. The fourth-order valence-electron chi connectivity index (χ4n) is 2.03. The summed E-state index contributed by atoms with van der Waals surface area (Å²) in [6.07, 6.45) is -4.15. The molecule has 0 atom stereocenters. The number of sulfonamides is 1. The van der Waals surface area contributed by atoms with E-state index in [0.29, 0.717) is 0 Å². The summed E-state index contributed by atoms with van der Waals surface area (Å²) < 4.78 is 64.4. The average Bonchev–Trinajstić information content (AvgIpc) is 2.71. The molecule has 2 rings (SSSR count). The second kappa shape index (κ2) is 4.48. The van der Waals surface area contributed by atoms with Crippen LogP contribution in [0, 0.1) is 0 Å². The SMILES string of the molecule is O=C(O)c1[nH]ccc1S(=O)(=O)NC1(C(F)(F)F)CCC1. The number of aromatic carboxylic acids is 1. The number of halogens is 3. The predicted octanol–water partition coefficient (Wildman–Crippen LogP) is 1.48. The molecule has 0 bridgehead atoms. The van der Waals surface area contributed by atoms with Crippen LogP contribution in [0.4, 0.5) is 13.2 Å². The van der Waals surface area contributed by atoms with Gasteiger partial charge in [0.25, 0.3) is 0 Å². The molecule has 1 saturated carbocycles. The molecule has 0 unspecified atom stereocenters. The van der Waals surface area contributed by atoms with E-state index in [1.165, 1.54) is 0 Å². The molecule has 6 nitrogen and oxygen atoms in total. The molecule has 3 N–H and O–H groups in total. The van der Waals surface area contributed by atoms with E-state index >= 15 is 0 Å². The molecule has 1 aliphatic rings. The lowest BCUT2D eigenvalue weighted by molar-refractivity contribution is -0.212.